The molecule has 1 aromatic heterocycles. The number of para-hydroxylation sites is 1. The van der Waals surface area contributed by atoms with Crippen LogP contribution in [0.3, 0.4) is 0 Å². The molecule has 0 amide bonds. The molecule has 0 atom stereocenters. The van der Waals surface area contributed by atoms with Gasteiger partial charge in [-0.3, -0.25) is 4.79 Å². The van der Waals surface area contributed by atoms with Crippen LogP contribution in [-0.4, -0.2) is 25.2 Å². The fourth-order valence-corrected chi connectivity index (χ4v) is 2.84. The van der Waals surface area contributed by atoms with Crippen LogP contribution in [0.2, 0.25) is 0 Å². The molecule has 3 rings (SSSR count). The molecule has 0 fully saturated rings. The smallest absolute Gasteiger partial charge is 0.374 e. The first-order valence-electron chi connectivity index (χ1n) is 9.17. The molecule has 0 N–H and O–H groups in total. The minimum Gasteiger partial charge on any atom is -0.494 e. The largest absolute Gasteiger partial charge is 0.494 e. The molecule has 3 aromatic rings. The zero-order valence-corrected chi connectivity index (χ0v) is 15.9. The van der Waals surface area contributed by atoms with Crippen molar-refractivity contribution < 1.29 is 28.2 Å². The van der Waals surface area contributed by atoms with Crippen molar-refractivity contribution in [3.8, 4) is 5.75 Å². The molecule has 0 bridgehead atoms. The lowest BCUT2D eigenvalue weighted by molar-refractivity contribution is -0.144. The highest BCUT2D eigenvalue weighted by atomic mass is 16.5. The molecular formula is C22H22O6. The molecule has 28 heavy (non-hydrogen) atoms. The zero-order chi connectivity index (χ0) is 19.9. The molecular weight excluding hydrogens is 360 g/mol. The van der Waals surface area contributed by atoms with Gasteiger partial charge in [-0.05, 0) is 37.6 Å². The number of ether oxygens (including phenoxy) is 3. The van der Waals surface area contributed by atoms with Crippen LogP contribution < -0.4 is 4.74 Å². The first-order chi connectivity index (χ1) is 13.6. The Morgan fingerprint density at radius 2 is 1.68 bits per heavy atom. The summed E-state index contributed by atoms with van der Waals surface area (Å²) >= 11 is 0. The van der Waals surface area contributed by atoms with Crippen LogP contribution in [0.4, 0.5) is 0 Å². The molecule has 146 valence electrons. The highest BCUT2D eigenvalue weighted by Crippen LogP contribution is 2.27. The maximum atomic E-state index is 12.3. The molecule has 0 aliphatic carbocycles. The van der Waals surface area contributed by atoms with Crippen LogP contribution in [0, 0.1) is 0 Å². The zero-order valence-electron chi connectivity index (χ0n) is 15.9. The Morgan fingerprint density at radius 3 is 2.39 bits per heavy atom. The van der Waals surface area contributed by atoms with E-state index in [-0.39, 0.29) is 25.4 Å². The second-order valence-corrected chi connectivity index (χ2v) is 6.04. The maximum Gasteiger partial charge on any atom is 0.374 e. The molecule has 1 heterocycles. The number of fused-ring (bicyclic) bond motifs is 1. The number of esters is 2. The highest BCUT2D eigenvalue weighted by Gasteiger charge is 2.22. The summed E-state index contributed by atoms with van der Waals surface area (Å²) in [7, 11) is 0. The average Bonchev–Trinajstić information content (AvgIpc) is 3.07. The van der Waals surface area contributed by atoms with Crippen molar-refractivity contribution in [1.29, 1.82) is 0 Å². The van der Waals surface area contributed by atoms with Crippen LogP contribution in [0.5, 0.6) is 5.75 Å². The second-order valence-electron chi connectivity index (χ2n) is 6.04. The summed E-state index contributed by atoms with van der Waals surface area (Å²) in [6, 6.07) is 14.5. The van der Waals surface area contributed by atoms with Gasteiger partial charge in [0.1, 0.15) is 17.9 Å². The molecule has 0 aliphatic heterocycles. The number of hydrogen-bond donors (Lipinski definition) is 0. The third-order valence-electron chi connectivity index (χ3n) is 4.12. The highest BCUT2D eigenvalue weighted by molar-refractivity contribution is 5.96. The van der Waals surface area contributed by atoms with Gasteiger partial charge in [-0.1, -0.05) is 30.3 Å². The van der Waals surface area contributed by atoms with E-state index >= 15 is 0 Å². The fourth-order valence-electron chi connectivity index (χ4n) is 2.84. The summed E-state index contributed by atoms with van der Waals surface area (Å²) < 4.78 is 21.5. The van der Waals surface area contributed by atoms with Crippen molar-refractivity contribution in [3.05, 3.63) is 65.4 Å². The lowest BCUT2D eigenvalue weighted by Crippen LogP contribution is -2.11. The summed E-state index contributed by atoms with van der Waals surface area (Å²) in [6.07, 6.45) is 0.122. The van der Waals surface area contributed by atoms with Gasteiger partial charge in [0.25, 0.3) is 0 Å². The van der Waals surface area contributed by atoms with Crippen molar-refractivity contribution in [3.63, 3.8) is 0 Å². The van der Waals surface area contributed by atoms with Gasteiger partial charge in [0.15, 0.2) is 0 Å². The van der Waals surface area contributed by atoms with Crippen LogP contribution in [0.25, 0.3) is 11.0 Å². The first kappa shape index (κ1) is 19.5. The number of benzene rings is 2. The van der Waals surface area contributed by atoms with Gasteiger partial charge < -0.3 is 18.6 Å². The van der Waals surface area contributed by atoms with E-state index in [9.17, 15) is 9.59 Å². The van der Waals surface area contributed by atoms with Crippen molar-refractivity contribution in [2.24, 2.45) is 0 Å². The predicted octanol–water partition coefficient (Wildman–Crippen LogP) is 4.29. The number of carbonyl (C=O) groups is 2. The number of furan rings is 1. The van der Waals surface area contributed by atoms with Gasteiger partial charge in [0.2, 0.25) is 5.76 Å². The van der Waals surface area contributed by atoms with Crippen molar-refractivity contribution in [1.82, 2.24) is 0 Å². The molecule has 2 aromatic carbocycles. The van der Waals surface area contributed by atoms with E-state index in [2.05, 4.69) is 0 Å². The molecule has 0 saturated heterocycles. The quantitative estimate of drug-likeness (QED) is 0.541. The van der Waals surface area contributed by atoms with E-state index in [1.165, 1.54) is 0 Å². The van der Waals surface area contributed by atoms with Crippen molar-refractivity contribution in [2.75, 3.05) is 13.2 Å². The summed E-state index contributed by atoms with van der Waals surface area (Å²) in [4.78, 5) is 24.4. The second kappa shape index (κ2) is 9.08. The van der Waals surface area contributed by atoms with Crippen molar-refractivity contribution >= 4 is 22.9 Å². The minimum absolute atomic E-state index is 0.0666. The average molecular weight is 382 g/mol. The van der Waals surface area contributed by atoms with Gasteiger partial charge in [-0.25, -0.2) is 4.79 Å². The Bertz CT molecular complexity index is 955. The van der Waals surface area contributed by atoms with E-state index in [0.29, 0.717) is 17.8 Å². The normalized spacial score (nSPS) is 10.6. The Hall–Kier alpha value is -3.28. The maximum absolute atomic E-state index is 12.3. The van der Waals surface area contributed by atoms with Gasteiger partial charge >= 0.3 is 11.9 Å². The van der Waals surface area contributed by atoms with E-state index in [1.54, 1.807) is 13.0 Å². The topological polar surface area (TPSA) is 75.0 Å². The lowest BCUT2D eigenvalue weighted by Gasteiger charge is -2.07. The third-order valence-corrected chi connectivity index (χ3v) is 4.12. The standard InChI is InChI=1S/C22H22O6/c1-3-25-16-11-9-15(10-12-16)13-20(23)27-14-18-17-7-5-6-8-19(17)28-21(18)22(24)26-4-2/h5-12H,3-4,13-14H2,1-2H3. The number of rotatable bonds is 8. The third kappa shape index (κ3) is 4.52. The minimum atomic E-state index is -0.573. The first-order valence-corrected chi connectivity index (χ1v) is 9.17. The molecule has 0 saturated carbocycles. The molecule has 0 aliphatic rings. The molecule has 0 radical (unpaired) electrons. The predicted molar refractivity (Wildman–Crippen MR) is 103 cm³/mol. The summed E-state index contributed by atoms with van der Waals surface area (Å²) in [5, 5.41) is 0.722. The summed E-state index contributed by atoms with van der Waals surface area (Å²) in [5.41, 5.74) is 1.87. The van der Waals surface area contributed by atoms with Crippen LogP contribution in [-0.2, 0) is 27.3 Å². The van der Waals surface area contributed by atoms with Crippen LogP contribution in [0.1, 0.15) is 35.5 Å². The van der Waals surface area contributed by atoms with Crippen LogP contribution >= 0.6 is 0 Å². The Kier molecular flexibility index (Phi) is 6.32. The summed E-state index contributed by atoms with van der Waals surface area (Å²) in [6.45, 7) is 4.38. The lowest BCUT2D eigenvalue weighted by atomic mass is 10.1. The molecule has 0 unspecified atom stereocenters. The monoisotopic (exact) mass is 382 g/mol. The van der Waals surface area contributed by atoms with E-state index in [0.717, 1.165) is 16.7 Å². The van der Waals surface area contributed by atoms with Gasteiger partial charge in [-0.2, -0.15) is 0 Å². The Balaban J connectivity index is 1.71. The Labute approximate surface area is 163 Å². The number of hydrogen-bond acceptors (Lipinski definition) is 6. The molecule has 6 nitrogen and oxygen atoms in total. The van der Waals surface area contributed by atoms with Gasteiger partial charge in [0, 0.05) is 5.39 Å². The van der Waals surface area contributed by atoms with E-state index < -0.39 is 11.9 Å². The SMILES string of the molecule is CCOC(=O)c1oc2ccccc2c1COC(=O)Cc1ccc(OCC)cc1. The Morgan fingerprint density at radius 1 is 0.929 bits per heavy atom. The van der Waals surface area contributed by atoms with E-state index in [4.69, 9.17) is 18.6 Å². The van der Waals surface area contributed by atoms with Crippen LogP contribution in [0.15, 0.2) is 52.9 Å². The van der Waals surface area contributed by atoms with Crippen molar-refractivity contribution in [2.45, 2.75) is 26.9 Å². The van der Waals surface area contributed by atoms with Gasteiger partial charge in [0.05, 0.1) is 25.2 Å². The summed E-state index contributed by atoms with van der Waals surface area (Å²) in [5.74, 6) is -0.152. The van der Waals surface area contributed by atoms with Gasteiger partial charge in [-0.15, -0.1) is 0 Å². The molecule has 6 heteroatoms. The number of carbonyl (C=O) groups excluding carboxylic acids is 2. The fraction of sp³-hybridized carbons (Fsp3) is 0.273. The van der Waals surface area contributed by atoms with E-state index in [1.807, 2.05) is 49.4 Å². The molecule has 0 spiro atoms.